The van der Waals surface area contributed by atoms with Crippen molar-refractivity contribution in [2.45, 2.75) is 6.92 Å². The van der Waals surface area contributed by atoms with Gasteiger partial charge in [-0.2, -0.15) is 0 Å². The van der Waals surface area contributed by atoms with Gasteiger partial charge < -0.3 is 4.74 Å². The number of esters is 1. The molecule has 6 heteroatoms. The first kappa shape index (κ1) is 15.2. The first-order valence-electron chi connectivity index (χ1n) is 7.20. The van der Waals surface area contributed by atoms with Crippen LogP contribution in [-0.4, -0.2) is 22.4 Å². The summed E-state index contributed by atoms with van der Waals surface area (Å²) in [4.78, 5) is 17.2. The minimum Gasteiger partial charge on any atom is -0.461 e. The van der Waals surface area contributed by atoms with Crippen LogP contribution >= 0.6 is 11.3 Å². The predicted octanol–water partition coefficient (Wildman–Crippen LogP) is 3.34. The van der Waals surface area contributed by atoms with Gasteiger partial charge in [0.1, 0.15) is 0 Å². The van der Waals surface area contributed by atoms with Gasteiger partial charge in [-0.1, -0.05) is 47.7 Å². The van der Waals surface area contributed by atoms with E-state index in [-0.39, 0.29) is 5.01 Å². The van der Waals surface area contributed by atoms with E-state index in [2.05, 4.69) is 10.1 Å². The molecule has 0 aliphatic carbocycles. The number of carbonyl (C=O) groups excluding carboxylic acids is 1. The summed E-state index contributed by atoms with van der Waals surface area (Å²) in [5.74, 6) is -0.434. The van der Waals surface area contributed by atoms with Crippen LogP contribution in [0.2, 0.25) is 0 Å². The second-order valence-corrected chi connectivity index (χ2v) is 5.56. The van der Waals surface area contributed by atoms with E-state index in [4.69, 9.17) is 4.74 Å². The van der Waals surface area contributed by atoms with Crippen LogP contribution in [0.1, 0.15) is 16.7 Å². The maximum absolute atomic E-state index is 12.0. The predicted molar refractivity (Wildman–Crippen MR) is 89.1 cm³/mol. The summed E-state index contributed by atoms with van der Waals surface area (Å²) in [6.07, 6.45) is 0. The Morgan fingerprint density at radius 3 is 2.43 bits per heavy atom. The summed E-state index contributed by atoms with van der Waals surface area (Å²) >= 11 is 1.21. The Hall–Kier alpha value is -2.73. The summed E-state index contributed by atoms with van der Waals surface area (Å²) in [5.41, 5.74) is 1.64. The third kappa shape index (κ3) is 3.54. The number of hydrogen-bond acceptors (Lipinski definition) is 5. The second-order valence-electron chi connectivity index (χ2n) is 4.60. The van der Waals surface area contributed by atoms with E-state index in [9.17, 15) is 4.79 Å². The van der Waals surface area contributed by atoms with Crippen LogP contribution in [0, 0.1) is 0 Å². The van der Waals surface area contributed by atoms with E-state index in [1.54, 1.807) is 11.6 Å². The summed E-state index contributed by atoms with van der Waals surface area (Å²) < 4.78 is 6.69. The number of para-hydroxylation sites is 2. The molecule has 0 aliphatic heterocycles. The third-order valence-corrected chi connectivity index (χ3v) is 3.88. The van der Waals surface area contributed by atoms with Crippen molar-refractivity contribution < 1.29 is 9.53 Å². The molecule has 3 aromatic rings. The van der Waals surface area contributed by atoms with Gasteiger partial charge in [-0.15, -0.1) is 5.10 Å². The van der Waals surface area contributed by atoms with Crippen LogP contribution < -0.4 is 4.80 Å². The number of rotatable bonds is 4. The Balaban J connectivity index is 2.13. The van der Waals surface area contributed by atoms with Crippen LogP contribution in [0.3, 0.4) is 0 Å². The first-order valence-corrected chi connectivity index (χ1v) is 8.02. The van der Waals surface area contributed by atoms with Crippen molar-refractivity contribution in [1.29, 1.82) is 0 Å². The first-order chi connectivity index (χ1) is 11.3. The number of benzene rings is 2. The summed E-state index contributed by atoms with van der Waals surface area (Å²) in [6.45, 7) is 2.08. The van der Waals surface area contributed by atoms with Gasteiger partial charge in [0.2, 0.25) is 9.81 Å². The molecule has 0 aliphatic rings. The molecule has 0 fully saturated rings. The Labute approximate surface area is 137 Å². The van der Waals surface area contributed by atoms with E-state index in [1.165, 1.54) is 11.3 Å². The number of hydrogen-bond donors (Lipinski definition) is 0. The smallest absolute Gasteiger partial charge is 0.369 e. The van der Waals surface area contributed by atoms with Crippen LogP contribution in [0.15, 0.2) is 65.7 Å². The van der Waals surface area contributed by atoms with Gasteiger partial charge in [-0.3, -0.25) is 0 Å². The van der Waals surface area contributed by atoms with Gasteiger partial charge in [0.25, 0.3) is 0 Å². The molecule has 2 aromatic carbocycles. The molecular weight excluding hydrogens is 310 g/mol. The summed E-state index contributed by atoms with van der Waals surface area (Å²) in [7, 11) is 0. The number of aromatic nitrogens is 2. The molecule has 3 rings (SSSR count). The monoisotopic (exact) mass is 325 g/mol. The zero-order valence-electron chi connectivity index (χ0n) is 12.5. The summed E-state index contributed by atoms with van der Waals surface area (Å²) in [5, 5.41) is 4.64. The maximum atomic E-state index is 12.0. The van der Waals surface area contributed by atoms with E-state index in [1.807, 2.05) is 60.7 Å². The molecule has 0 unspecified atom stereocenters. The Bertz CT molecular complexity index is 854. The van der Waals surface area contributed by atoms with E-state index >= 15 is 0 Å². The van der Waals surface area contributed by atoms with Crippen LogP contribution in [0.4, 0.5) is 5.69 Å². The lowest BCUT2D eigenvalue weighted by atomic mass is 10.3. The second kappa shape index (κ2) is 7.02. The molecule has 5 nitrogen and oxygen atoms in total. The quantitative estimate of drug-likeness (QED) is 0.691. The molecule has 0 amide bonds. The van der Waals surface area contributed by atoms with E-state index < -0.39 is 5.97 Å². The topological polar surface area (TPSA) is 56.5 Å². The lowest BCUT2D eigenvalue weighted by Gasteiger charge is -2.00. The standard InChI is InChI=1S/C17H15N3O2S/c1-2-22-16(21)15-19-20(14-11-7-4-8-12-14)17(23-15)18-13-9-5-3-6-10-13/h3-12H,2H2,1H3. The maximum Gasteiger partial charge on any atom is 0.369 e. The molecule has 0 saturated heterocycles. The fourth-order valence-electron chi connectivity index (χ4n) is 1.98. The van der Waals surface area contributed by atoms with Crippen molar-refractivity contribution in [3.63, 3.8) is 0 Å². The fraction of sp³-hybridized carbons (Fsp3) is 0.118. The molecule has 23 heavy (non-hydrogen) atoms. The van der Waals surface area contributed by atoms with Crippen LogP contribution in [0.25, 0.3) is 5.69 Å². The molecule has 0 N–H and O–H groups in total. The SMILES string of the molecule is CCOC(=O)c1nn(-c2ccccc2)c(=Nc2ccccc2)s1. The lowest BCUT2D eigenvalue weighted by Crippen LogP contribution is -2.14. The molecule has 0 saturated carbocycles. The Morgan fingerprint density at radius 2 is 1.78 bits per heavy atom. The molecule has 0 atom stereocenters. The highest BCUT2D eigenvalue weighted by molar-refractivity contribution is 7.10. The van der Waals surface area contributed by atoms with Gasteiger partial charge in [0.15, 0.2) is 0 Å². The molecular formula is C17H15N3O2S. The van der Waals surface area contributed by atoms with Gasteiger partial charge in [-0.25, -0.2) is 14.5 Å². The van der Waals surface area contributed by atoms with Gasteiger partial charge in [-0.05, 0) is 31.2 Å². The highest BCUT2D eigenvalue weighted by Gasteiger charge is 2.15. The molecule has 116 valence electrons. The van der Waals surface area contributed by atoms with Crippen LogP contribution in [-0.2, 0) is 4.74 Å². The van der Waals surface area contributed by atoms with Gasteiger partial charge in [0, 0.05) is 0 Å². The zero-order chi connectivity index (χ0) is 16.1. The van der Waals surface area contributed by atoms with E-state index in [0.29, 0.717) is 11.4 Å². The minimum absolute atomic E-state index is 0.283. The van der Waals surface area contributed by atoms with Gasteiger partial charge in [0.05, 0.1) is 18.0 Å². The number of ether oxygens (including phenoxy) is 1. The lowest BCUT2D eigenvalue weighted by molar-refractivity contribution is 0.0524. The average molecular weight is 325 g/mol. The van der Waals surface area contributed by atoms with E-state index in [0.717, 1.165) is 11.4 Å². The molecule has 1 heterocycles. The highest BCUT2D eigenvalue weighted by Crippen LogP contribution is 2.12. The van der Waals surface area contributed by atoms with Crippen molar-refractivity contribution in [2.24, 2.45) is 4.99 Å². The molecule has 0 bridgehead atoms. The van der Waals surface area contributed by atoms with Gasteiger partial charge >= 0.3 is 5.97 Å². The molecule has 0 spiro atoms. The summed E-state index contributed by atoms with van der Waals surface area (Å²) in [6, 6.07) is 19.2. The third-order valence-electron chi connectivity index (χ3n) is 2.99. The van der Waals surface area contributed by atoms with Crippen molar-refractivity contribution in [2.75, 3.05) is 6.61 Å². The minimum atomic E-state index is -0.434. The molecule has 1 aromatic heterocycles. The van der Waals surface area contributed by atoms with Crippen molar-refractivity contribution in [3.8, 4) is 5.69 Å². The Morgan fingerprint density at radius 1 is 1.13 bits per heavy atom. The van der Waals surface area contributed by atoms with Crippen molar-refractivity contribution in [3.05, 3.63) is 70.5 Å². The normalized spacial score (nSPS) is 11.4. The van der Waals surface area contributed by atoms with Crippen LogP contribution in [0.5, 0.6) is 0 Å². The molecule has 0 radical (unpaired) electrons. The largest absolute Gasteiger partial charge is 0.461 e. The number of nitrogens with zero attached hydrogens (tertiary/aromatic N) is 3. The average Bonchev–Trinajstić information content (AvgIpc) is 3.01. The highest BCUT2D eigenvalue weighted by atomic mass is 32.1. The zero-order valence-corrected chi connectivity index (χ0v) is 13.4. The number of carbonyl (C=O) groups is 1. The Kier molecular flexibility index (Phi) is 4.63. The fourth-order valence-corrected chi connectivity index (χ4v) is 2.80. The van der Waals surface area contributed by atoms with Crippen molar-refractivity contribution in [1.82, 2.24) is 9.78 Å². The van der Waals surface area contributed by atoms with Crippen molar-refractivity contribution >= 4 is 23.0 Å².